The standard InChI is InChI=1S/C17H30N2S/c1-15(2,3)13-12-20-14(19-13)11-17(18)8-6-7-16(4,5)9-10-17/h12H,6-11,18H2,1-5H3. The van der Waals surface area contributed by atoms with Crippen LogP contribution in [0.5, 0.6) is 0 Å². The first kappa shape index (κ1) is 16.0. The summed E-state index contributed by atoms with van der Waals surface area (Å²) < 4.78 is 0. The summed E-state index contributed by atoms with van der Waals surface area (Å²) in [6, 6.07) is 0. The number of aromatic nitrogens is 1. The molecule has 1 atom stereocenters. The van der Waals surface area contributed by atoms with E-state index < -0.39 is 0 Å². The first-order chi connectivity index (χ1) is 9.10. The molecule has 2 rings (SSSR count). The van der Waals surface area contributed by atoms with E-state index in [0.29, 0.717) is 5.41 Å². The van der Waals surface area contributed by atoms with Crippen molar-refractivity contribution in [3.63, 3.8) is 0 Å². The van der Waals surface area contributed by atoms with E-state index in [1.807, 2.05) is 0 Å². The highest BCUT2D eigenvalue weighted by atomic mass is 32.1. The molecule has 0 amide bonds. The number of nitrogens with zero attached hydrogens (tertiary/aromatic N) is 1. The average molecular weight is 295 g/mol. The van der Waals surface area contributed by atoms with E-state index in [1.54, 1.807) is 11.3 Å². The van der Waals surface area contributed by atoms with Crippen molar-refractivity contribution in [1.82, 2.24) is 4.98 Å². The van der Waals surface area contributed by atoms with Gasteiger partial charge in [-0.2, -0.15) is 0 Å². The van der Waals surface area contributed by atoms with E-state index >= 15 is 0 Å². The Morgan fingerprint density at radius 3 is 2.50 bits per heavy atom. The van der Waals surface area contributed by atoms with Crippen LogP contribution in [-0.2, 0) is 11.8 Å². The highest BCUT2D eigenvalue weighted by Crippen LogP contribution is 2.38. The summed E-state index contributed by atoms with van der Waals surface area (Å²) in [7, 11) is 0. The van der Waals surface area contributed by atoms with Gasteiger partial charge in [-0.1, -0.05) is 41.0 Å². The van der Waals surface area contributed by atoms with Gasteiger partial charge in [-0.05, 0) is 31.1 Å². The summed E-state index contributed by atoms with van der Waals surface area (Å²) in [6.45, 7) is 11.4. The molecule has 1 fully saturated rings. The van der Waals surface area contributed by atoms with E-state index in [0.717, 1.165) is 19.3 Å². The van der Waals surface area contributed by atoms with Crippen molar-refractivity contribution in [2.45, 2.75) is 84.1 Å². The first-order valence-corrected chi connectivity index (χ1v) is 8.72. The molecule has 0 bridgehead atoms. The number of nitrogens with two attached hydrogens (primary N) is 1. The Morgan fingerprint density at radius 2 is 1.90 bits per heavy atom. The maximum Gasteiger partial charge on any atom is 0.0946 e. The largest absolute Gasteiger partial charge is 0.325 e. The SMILES string of the molecule is CC1(C)CCCC(N)(Cc2nc(C(C)(C)C)cs2)CC1. The van der Waals surface area contributed by atoms with Gasteiger partial charge in [-0.3, -0.25) is 0 Å². The van der Waals surface area contributed by atoms with Gasteiger partial charge in [0.15, 0.2) is 0 Å². The minimum absolute atomic E-state index is 0.0409. The number of hydrogen-bond acceptors (Lipinski definition) is 3. The monoisotopic (exact) mass is 294 g/mol. The number of hydrogen-bond donors (Lipinski definition) is 1. The van der Waals surface area contributed by atoms with Crippen molar-refractivity contribution in [1.29, 1.82) is 0 Å². The summed E-state index contributed by atoms with van der Waals surface area (Å²) in [5, 5.41) is 3.43. The maximum absolute atomic E-state index is 6.70. The van der Waals surface area contributed by atoms with Crippen molar-refractivity contribution in [3.05, 3.63) is 16.1 Å². The molecular weight excluding hydrogens is 264 g/mol. The Bertz CT molecular complexity index is 456. The molecule has 1 aromatic heterocycles. The molecule has 1 unspecified atom stereocenters. The third-order valence-corrected chi connectivity index (χ3v) is 5.50. The van der Waals surface area contributed by atoms with E-state index in [9.17, 15) is 0 Å². The molecule has 1 saturated carbocycles. The molecule has 1 aliphatic rings. The van der Waals surface area contributed by atoms with Gasteiger partial charge in [0.25, 0.3) is 0 Å². The minimum Gasteiger partial charge on any atom is -0.325 e. The zero-order valence-corrected chi connectivity index (χ0v) is 14.6. The van der Waals surface area contributed by atoms with Crippen LogP contribution in [0.25, 0.3) is 0 Å². The van der Waals surface area contributed by atoms with Gasteiger partial charge in [0, 0.05) is 22.8 Å². The average Bonchev–Trinajstić information content (AvgIpc) is 2.69. The third-order valence-electron chi connectivity index (χ3n) is 4.65. The quantitative estimate of drug-likeness (QED) is 0.805. The fraction of sp³-hybridized carbons (Fsp3) is 0.824. The lowest BCUT2D eigenvalue weighted by Gasteiger charge is -2.28. The van der Waals surface area contributed by atoms with Crippen LogP contribution < -0.4 is 5.73 Å². The van der Waals surface area contributed by atoms with Gasteiger partial charge in [-0.15, -0.1) is 11.3 Å². The van der Waals surface area contributed by atoms with Gasteiger partial charge in [0.2, 0.25) is 0 Å². The van der Waals surface area contributed by atoms with Gasteiger partial charge >= 0.3 is 0 Å². The molecule has 0 aliphatic heterocycles. The van der Waals surface area contributed by atoms with Crippen LogP contribution >= 0.6 is 11.3 Å². The summed E-state index contributed by atoms with van der Waals surface area (Å²) in [5.74, 6) is 0. The molecule has 20 heavy (non-hydrogen) atoms. The van der Waals surface area contributed by atoms with Crippen molar-refractivity contribution < 1.29 is 0 Å². The zero-order chi connectivity index (χ0) is 15.0. The van der Waals surface area contributed by atoms with Crippen LogP contribution in [0.3, 0.4) is 0 Å². The second kappa shape index (κ2) is 5.42. The van der Waals surface area contributed by atoms with Crippen LogP contribution in [-0.4, -0.2) is 10.5 Å². The molecule has 1 aromatic rings. The fourth-order valence-corrected chi connectivity index (χ4v) is 4.15. The Labute approximate surface area is 128 Å². The van der Waals surface area contributed by atoms with E-state index in [2.05, 4.69) is 40.0 Å². The second-order valence-corrected chi connectivity index (χ2v) is 9.38. The lowest BCUT2D eigenvalue weighted by atomic mass is 9.83. The maximum atomic E-state index is 6.70. The number of rotatable bonds is 2. The van der Waals surface area contributed by atoms with Crippen LogP contribution in [0.1, 0.15) is 77.4 Å². The summed E-state index contributed by atoms with van der Waals surface area (Å²) in [6.07, 6.45) is 7.01. The van der Waals surface area contributed by atoms with Crippen LogP contribution in [0.2, 0.25) is 0 Å². The zero-order valence-electron chi connectivity index (χ0n) is 13.8. The predicted molar refractivity (Wildman–Crippen MR) is 88.3 cm³/mol. The second-order valence-electron chi connectivity index (χ2n) is 8.43. The summed E-state index contributed by atoms with van der Waals surface area (Å²) in [5.41, 5.74) is 8.46. The predicted octanol–water partition coefficient (Wildman–Crippen LogP) is 4.67. The smallest absolute Gasteiger partial charge is 0.0946 e. The Balaban J connectivity index is 2.07. The molecule has 1 aliphatic carbocycles. The molecule has 2 nitrogen and oxygen atoms in total. The topological polar surface area (TPSA) is 38.9 Å². The lowest BCUT2D eigenvalue weighted by molar-refractivity contribution is 0.297. The Kier molecular flexibility index (Phi) is 4.32. The van der Waals surface area contributed by atoms with Gasteiger partial charge < -0.3 is 5.73 Å². The van der Waals surface area contributed by atoms with Crippen molar-refractivity contribution in [2.24, 2.45) is 11.1 Å². The minimum atomic E-state index is -0.0409. The molecule has 0 saturated heterocycles. The van der Waals surface area contributed by atoms with E-state index in [-0.39, 0.29) is 11.0 Å². The highest BCUT2D eigenvalue weighted by Gasteiger charge is 2.33. The first-order valence-electron chi connectivity index (χ1n) is 7.84. The molecular formula is C17H30N2S. The van der Waals surface area contributed by atoms with Crippen molar-refractivity contribution in [3.8, 4) is 0 Å². The van der Waals surface area contributed by atoms with Crippen molar-refractivity contribution >= 4 is 11.3 Å². The lowest BCUT2D eigenvalue weighted by Crippen LogP contribution is -2.41. The molecule has 1 heterocycles. The van der Waals surface area contributed by atoms with Gasteiger partial charge in [0.1, 0.15) is 0 Å². The molecule has 0 radical (unpaired) electrons. The molecule has 2 N–H and O–H groups in total. The number of thiazole rings is 1. The normalized spacial score (nSPS) is 27.3. The van der Waals surface area contributed by atoms with E-state index in [4.69, 9.17) is 10.7 Å². The van der Waals surface area contributed by atoms with Crippen LogP contribution in [0, 0.1) is 5.41 Å². The highest BCUT2D eigenvalue weighted by molar-refractivity contribution is 7.09. The van der Waals surface area contributed by atoms with Crippen LogP contribution in [0.4, 0.5) is 0 Å². The molecule has 3 heteroatoms. The summed E-state index contributed by atoms with van der Waals surface area (Å²) >= 11 is 1.78. The van der Waals surface area contributed by atoms with Crippen molar-refractivity contribution in [2.75, 3.05) is 0 Å². The Hall–Kier alpha value is -0.410. The Morgan fingerprint density at radius 1 is 1.20 bits per heavy atom. The van der Waals surface area contributed by atoms with E-state index in [1.165, 1.54) is 30.0 Å². The molecule has 0 spiro atoms. The fourth-order valence-electron chi connectivity index (χ4n) is 2.97. The van der Waals surface area contributed by atoms with Gasteiger partial charge in [0.05, 0.1) is 10.7 Å². The third kappa shape index (κ3) is 4.05. The van der Waals surface area contributed by atoms with Gasteiger partial charge in [-0.25, -0.2) is 4.98 Å². The molecule has 114 valence electrons. The summed E-state index contributed by atoms with van der Waals surface area (Å²) in [4.78, 5) is 4.83. The molecule has 0 aromatic carbocycles. The van der Waals surface area contributed by atoms with Crippen LogP contribution in [0.15, 0.2) is 5.38 Å².